The molecule has 6 nitrogen and oxygen atoms in total. The van der Waals surface area contributed by atoms with Crippen molar-refractivity contribution in [3.63, 3.8) is 0 Å². The van der Waals surface area contributed by atoms with E-state index < -0.39 is 12.0 Å². The summed E-state index contributed by atoms with van der Waals surface area (Å²) in [5.74, 6) is 1.20. The predicted octanol–water partition coefficient (Wildman–Crippen LogP) is 2.30. The summed E-state index contributed by atoms with van der Waals surface area (Å²) in [7, 11) is 1.60. The van der Waals surface area contributed by atoms with E-state index in [2.05, 4.69) is 0 Å². The van der Waals surface area contributed by atoms with Crippen LogP contribution in [-0.4, -0.2) is 48.9 Å². The van der Waals surface area contributed by atoms with Gasteiger partial charge in [0, 0.05) is 6.54 Å². The highest BCUT2D eigenvalue weighted by atomic mass is 16.6. The Morgan fingerprint density at radius 1 is 1.30 bits per heavy atom. The van der Waals surface area contributed by atoms with Gasteiger partial charge in [-0.15, -0.1) is 0 Å². The first kappa shape index (κ1) is 15.9. The number of likely N-dealkylation sites (tertiary alicyclic amines) is 1. The first-order valence-electron chi connectivity index (χ1n) is 8.12. The Bertz CT molecular complexity index is 557. The van der Waals surface area contributed by atoms with E-state index >= 15 is 0 Å². The number of hydrogen-bond donors (Lipinski definition) is 1. The fourth-order valence-electron chi connectivity index (χ4n) is 3.29. The van der Waals surface area contributed by atoms with Gasteiger partial charge in [-0.3, -0.25) is 9.69 Å². The molecular formula is C17H23NO5. The van der Waals surface area contributed by atoms with Crippen molar-refractivity contribution in [2.45, 2.75) is 38.3 Å². The molecule has 23 heavy (non-hydrogen) atoms. The van der Waals surface area contributed by atoms with Crippen LogP contribution in [0.5, 0.6) is 17.2 Å². The van der Waals surface area contributed by atoms with Gasteiger partial charge < -0.3 is 19.3 Å². The monoisotopic (exact) mass is 321 g/mol. The number of carboxylic acid groups (broad SMARTS) is 1. The summed E-state index contributed by atoms with van der Waals surface area (Å²) in [5.41, 5.74) is 0.985. The van der Waals surface area contributed by atoms with Crippen LogP contribution in [0.1, 0.15) is 31.2 Å². The molecule has 1 fully saturated rings. The van der Waals surface area contributed by atoms with Crippen LogP contribution in [0.15, 0.2) is 12.1 Å². The maximum atomic E-state index is 11.6. The van der Waals surface area contributed by atoms with Gasteiger partial charge in [0.25, 0.3) is 0 Å². The maximum absolute atomic E-state index is 11.6. The molecule has 1 atom stereocenters. The maximum Gasteiger partial charge on any atom is 0.320 e. The number of nitrogens with zero attached hydrogens (tertiary/aromatic N) is 1. The fourth-order valence-corrected chi connectivity index (χ4v) is 3.29. The van der Waals surface area contributed by atoms with Gasteiger partial charge in [-0.25, -0.2) is 0 Å². The lowest BCUT2D eigenvalue weighted by Crippen LogP contribution is -2.40. The number of carbonyl (C=O) groups is 1. The zero-order chi connectivity index (χ0) is 16.2. The van der Waals surface area contributed by atoms with Gasteiger partial charge in [0.1, 0.15) is 19.3 Å². The Morgan fingerprint density at radius 2 is 2.13 bits per heavy atom. The number of ether oxygens (including phenoxy) is 3. The van der Waals surface area contributed by atoms with Crippen LogP contribution in [0.3, 0.4) is 0 Å². The van der Waals surface area contributed by atoms with Crippen molar-refractivity contribution in [1.82, 2.24) is 4.90 Å². The van der Waals surface area contributed by atoms with Crippen molar-refractivity contribution in [2.75, 3.05) is 26.9 Å². The van der Waals surface area contributed by atoms with Gasteiger partial charge in [-0.2, -0.15) is 0 Å². The van der Waals surface area contributed by atoms with Gasteiger partial charge in [-0.05, 0) is 37.1 Å². The second kappa shape index (κ2) is 7.08. The predicted molar refractivity (Wildman–Crippen MR) is 84.3 cm³/mol. The number of carboxylic acids is 1. The van der Waals surface area contributed by atoms with Crippen LogP contribution in [0.2, 0.25) is 0 Å². The first-order valence-corrected chi connectivity index (χ1v) is 8.12. The van der Waals surface area contributed by atoms with Crippen LogP contribution in [0.25, 0.3) is 0 Å². The second-order valence-electron chi connectivity index (χ2n) is 6.00. The molecule has 0 bridgehead atoms. The third-order valence-corrected chi connectivity index (χ3v) is 4.42. The lowest BCUT2D eigenvalue weighted by Gasteiger charge is -2.28. The van der Waals surface area contributed by atoms with Crippen LogP contribution < -0.4 is 14.2 Å². The summed E-state index contributed by atoms with van der Waals surface area (Å²) >= 11 is 0. The summed E-state index contributed by atoms with van der Waals surface area (Å²) in [6.45, 7) is 2.40. The van der Waals surface area contributed by atoms with E-state index in [1.54, 1.807) is 7.11 Å². The lowest BCUT2D eigenvalue weighted by atomic mass is 10.1. The van der Waals surface area contributed by atoms with Crippen molar-refractivity contribution in [2.24, 2.45) is 0 Å². The minimum atomic E-state index is -0.739. The molecule has 6 heteroatoms. The van der Waals surface area contributed by atoms with Crippen molar-refractivity contribution in [3.8, 4) is 17.2 Å². The Labute approximate surface area is 135 Å². The summed E-state index contributed by atoms with van der Waals surface area (Å²) in [6.07, 6.45) is 3.80. The summed E-state index contributed by atoms with van der Waals surface area (Å²) in [5, 5.41) is 9.49. The van der Waals surface area contributed by atoms with Crippen molar-refractivity contribution >= 4 is 5.97 Å². The van der Waals surface area contributed by atoms with Crippen molar-refractivity contribution < 1.29 is 24.1 Å². The Balaban J connectivity index is 1.84. The number of aliphatic carboxylic acids is 1. The average Bonchev–Trinajstić information content (AvgIpc) is 2.79. The quantitative estimate of drug-likeness (QED) is 0.918. The molecule has 1 unspecified atom stereocenters. The topological polar surface area (TPSA) is 68.2 Å². The summed E-state index contributed by atoms with van der Waals surface area (Å²) in [6, 6.07) is 3.43. The molecular weight excluding hydrogens is 298 g/mol. The molecule has 1 aromatic carbocycles. The van der Waals surface area contributed by atoms with E-state index in [4.69, 9.17) is 14.2 Å². The molecule has 1 saturated heterocycles. The van der Waals surface area contributed by atoms with E-state index in [0.29, 0.717) is 43.4 Å². The molecule has 0 aromatic heterocycles. The minimum absolute atomic E-state index is 0.420. The van der Waals surface area contributed by atoms with Gasteiger partial charge in [-0.1, -0.05) is 12.8 Å². The molecule has 0 saturated carbocycles. The largest absolute Gasteiger partial charge is 0.493 e. The molecule has 1 N–H and O–H groups in total. The Morgan fingerprint density at radius 3 is 2.91 bits per heavy atom. The third-order valence-electron chi connectivity index (χ3n) is 4.42. The molecule has 1 aromatic rings. The standard InChI is InChI=1S/C17H23NO5/c1-21-14-9-12(10-15-16(14)23-8-7-22-15)11-18-6-4-2-3-5-13(18)17(19)20/h9-10,13H,2-8,11H2,1H3,(H,19,20). The summed E-state index contributed by atoms with van der Waals surface area (Å²) in [4.78, 5) is 13.6. The van der Waals surface area contributed by atoms with E-state index in [1.165, 1.54) is 0 Å². The molecule has 0 radical (unpaired) electrons. The fraction of sp³-hybridized carbons (Fsp3) is 0.588. The van der Waals surface area contributed by atoms with Gasteiger partial charge in [0.2, 0.25) is 5.75 Å². The van der Waals surface area contributed by atoms with E-state index in [1.807, 2.05) is 17.0 Å². The third kappa shape index (κ3) is 3.52. The molecule has 2 aliphatic rings. The van der Waals surface area contributed by atoms with Gasteiger partial charge >= 0.3 is 5.97 Å². The molecule has 2 heterocycles. The number of rotatable bonds is 4. The Kier molecular flexibility index (Phi) is 4.91. The van der Waals surface area contributed by atoms with E-state index in [0.717, 1.165) is 31.4 Å². The normalized spacial score (nSPS) is 21.5. The van der Waals surface area contributed by atoms with E-state index in [9.17, 15) is 9.90 Å². The summed E-state index contributed by atoms with van der Waals surface area (Å²) < 4.78 is 16.7. The SMILES string of the molecule is COc1cc(CN2CCCCCC2C(=O)O)cc2c1OCCO2. The first-order chi connectivity index (χ1) is 11.2. The zero-order valence-electron chi connectivity index (χ0n) is 13.4. The van der Waals surface area contributed by atoms with Crippen LogP contribution in [-0.2, 0) is 11.3 Å². The molecule has 3 rings (SSSR count). The molecule has 0 spiro atoms. The molecule has 0 amide bonds. The van der Waals surface area contributed by atoms with Gasteiger partial charge in [0.05, 0.1) is 7.11 Å². The van der Waals surface area contributed by atoms with Crippen molar-refractivity contribution in [1.29, 1.82) is 0 Å². The highest BCUT2D eigenvalue weighted by molar-refractivity contribution is 5.73. The molecule has 0 aliphatic carbocycles. The minimum Gasteiger partial charge on any atom is -0.493 e. The zero-order valence-corrected chi connectivity index (χ0v) is 13.4. The van der Waals surface area contributed by atoms with Gasteiger partial charge in [0.15, 0.2) is 11.5 Å². The smallest absolute Gasteiger partial charge is 0.320 e. The molecule has 126 valence electrons. The average molecular weight is 321 g/mol. The van der Waals surface area contributed by atoms with E-state index in [-0.39, 0.29) is 0 Å². The second-order valence-corrected chi connectivity index (χ2v) is 6.00. The Hall–Kier alpha value is -1.95. The highest BCUT2D eigenvalue weighted by Crippen LogP contribution is 2.40. The van der Waals surface area contributed by atoms with Crippen LogP contribution in [0.4, 0.5) is 0 Å². The van der Waals surface area contributed by atoms with Crippen LogP contribution >= 0.6 is 0 Å². The number of fused-ring (bicyclic) bond motifs is 1. The highest BCUT2D eigenvalue weighted by Gasteiger charge is 2.28. The number of benzene rings is 1. The molecule has 2 aliphatic heterocycles. The number of methoxy groups -OCH3 is 1. The number of hydrogen-bond acceptors (Lipinski definition) is 5. The van der Waals surface area contributed by atoms with Crippen molar-refractivity contribution in [3.05, 3.63) is 17.7 Å². The van der Waals surface area contributed by atoms with Crippen LogP contribution in [0, 0.1) is 0 Å². The lowest BCUT2D eigenvalue weighted by molar-refractivity contribution is -0.143.